The fraction of sp³-hybridized carbons (Fsp3) is 0.174. The van der Waals surface area contributed by atoms with E-state index in [0.29, 0.717) is 21.9 Å². The predicted octanol–water partition coefficient (Wildman–Crippen LogP) is 5.56. The van der Waals surface area contributed by atoms with Crippen molar-refractivity contribution in [3.05, 3.63) is 81.6 Å². The van der Waals surface area contributed by atoms with Crippen LogP contribution < -0.4 is 5.32 Å². The molecule has 0 saturated heterocycles. The number of benzene rings is 2. The Balaban J connectivity index is 1.84. The summed E-state index contributed by atoms with van der Waals surface area (Å²) in [6.07, 6.45) is 0. The first-order chi connectivity index (χ1) is 13.8. The maximum atomic E-state index is 13.2. The molecule has 29 heavy (non-hydrogen) atoms. The molecule has 0 atom stereocenters. The Bertz CT molecular complexity index is 1240. The quantitative estimate of drug-likeness (QED) is 0.486. The number of aromatic nitrogens is 3. The van der Waals surface area contributed by atoms with Crippen molar-refractivity contribution in [2.75, 3.05) is 5.32 Å². The van der Waals surface area contributed by atoms with Crippen LogP contribution in [0.5, 0.6) is 0 Å². The molecule has 2 aromatic heterocycles. The van der Waals surface area contributed by atoms with Gasteiger partial charge in [0.05, 0.1) is 22.3 Å². The van der Waals surface area contributed by atoms with E-state index in [9.17, 15) is 4.79 Å². The van der Waals surface area contributed by atoms with Crippen LogP contribution in [0.3, 0.4) is 0 Å². The van der Waals surface area contributed by atoms with E-state index >= 15 is 0 Å². The molecule has 6 heteroatoms. The maximum Gasteiger partial charge on any atom is 0.256 e. The van der Waals surface area contributed by atoms with Crippen LogP contribution in [0.2, 0.25) is 5.02 Å². The zero-order valence-electron chi connectivity index (χ0n) is 16.7. The van der Waals surface area contributed by atoms with Gasteiger partial charge in [0.15, 0.2) is 5.65 Å². The minimum absolute atomic E-state index is 0.211. The summed E-state index contributed by atoms with van der Waals surface area (Å²) < 4.78 is 1.79. The van der Waals surface area contributed by atoms with Crippen LogP contribution in [0.15, 0.2) is 48.5 Å². The lowest BCUT2D eigenvalue weighted by Gasteiger charge is -2.11. The molecule has 0 bridgehead atoms. The highest BCUT2D eigenvalue weighted by Gasteiger charge is 2.20. The number of anilines is 1. The number of hydrogen-bond acceptors (Lipinski definition) is 3. The number of carbonyl (C=O) groups excluding carboxylic acids is 1. The molecule has 0 radical (unpaired) electrons. The number of hydrogen-bond donors (Lipinski definition) is 1. The lowest BCUT2D eigenvalue weighted by Crippen LogP contribution is -2.14. The van der Waals surface area contributed by atoms with E-state index in [0.717, 1.165) is 28.0 Å². The topological polar surface area (TPSA) is 59.8 Å². The van der Waals surface area contributed by atoms with Crippen molar-refractivity contribution in [3.8, 4) is 5.69 Å². The molecule has 4 rings (SSSR count). The van der Waals surface area contributed by atoms with Crippen molar-refractivity contribution in [3.63, 3.8) is 0 Å². The molecule has 0 aliphatic carbocycles. The largest absolute Gasteiger partial charge is 0.322 e. The lowest BCUT2D eigenvalue weighted by molar-refractivity contribution is 0.102. The van der Waals surface area contributed by atoms with E-state index in [1.807, 2.05) is 58.0 Å². The van der Waals surface area contributed by atoms with Crippen molar-refractivity contribution in [2.24, 2.45) is 0 Å². The third-order valence-corrected chi connectivity index (χ3v) is 5.15. The fourth-order valence-electron chi connectivity index (χ4n) is 3.38. The molecule has 0 aliphatic rings. The Kier molecular flexibility index (Phi) is 4.84. The minimum Gasteiger partial charge on any atom is -0.322 e. The first-order valence-electron chi connectivity index (χ1n) is 9.35. The average Bonchev–Trinajstić information content (AvgIpc) is 3.01. The highest BCUT2D eigenvalue weighted by molar-refractivity contribution is 6.31. The summed E-state index contributed by atoms with van der Waals surface area (Å²) in [5, 5.41) is 8.97. The number of nitrogens with one attached hydrogen (secondary N) is 1. The van der Waals surface area contributed by atoms with Crippen molar-refractivity contribution in [2.45, 2.75) is 27.7 Å². The molecule has 0 aliphatic heterocycles. The van der Waals surface area contributed by atoms with E-state index in [4.69, 9.17) is 11.6 Å². The second kappa shape index (κ2) is 7.33. The number of amides is 1. The molecular weight excluding hydrogens is 384 g/mol. The minimum atomic E-state index is -0.211. The second-order valence-electron chi connectivity index (χ2n) is 7.26. The fourth-order valence-corrected chi connectivity index (χ4v) is 3.55. The van der Waals surface area contributed by atoms with Gasteiger partial charge in [-0.2, -0.15) is 5.10 Å². The molecule has 146 valence electrons. The molecular formula is C23H21ClN4O. The highest BCUT2D eigenvalue weighted by atomic mass is 35.5. The van der Waals surface area contributed by atoms with Gasteiger partial charge in [0, 0.05) is 16.4 Å². The number of carbonyl (C=O) groups is 1. The van der Waals surface area contributed by atoms with E-state index < -0.39 is 0 Å². The maximum absolute atomic E-state index is 13.2. The Labute approximate surface area is 174 Å². The average molecular weight is 405 g/mol. The van der Waals surface area contributed by atoms with Crippen LogP contribution in [-0.2, 0) is 0 Å². The molecule has 5 nitrogen and oxygen atoms in total. The van der Waals surface area contributed by atoms with Crippen molar-refractivity contribution >= 4 is 34.2 Å². The van der Waals surface area contributed by atoms with Crippen LogP contribution in [0.25, 0.3) is 16.7 Å². The summed E-state index contributed by atoms with van der Waals surface area (Å²) in [7, 11) is 0. The van der Waals surface area contributed by atoms with Gasteiger partial charge >= 0.3 is 0 Å². The molecule has 0 fully saturated rings. The zero-order chi connectivity index (χ0) is 20.7. The standard InChI is InChI=1S/C23H21ClN4O/c1-13-5-9-18(10-6-13)28-22-21(16(4)27-28)19(11-15(3)25-22)23(29)26-20-12-17(24)8-7-14(20)2/h5-12H,1-4H3,(H,26,29). The van der Waals surface area contributed by atoms with Gasteiger partial charge in [-0.15, -0.1) is 0 Å². The van der Waals surface area contributed by atoms with Crippen LogP contribution in [0, 0.1) is 27.7 Å². The summed E-state index contributed by atoms with van der Waals surface area (Å²) in [4.78, 5) is 17.8. The highest BCUT2D eigenvalue weighted by Crippen LogP contribution is 2.27. The first kappa shape index (κ1) is 19.2. The predicted molar refractivity (Wildman–Crippen MR) is 117 cm³/mol. The molecule has 2 aromatic carbocycles. The van der Waals surface area contributed by atoms with Gasteiger partial charge in [0.25, 0.3) is 5.91 Å². The summed E-state index contributed by atoms with van der Waals surface area (Å²) in [6.45, 7) is 7.74. The Morgan fingerprint density at radius 3 is 2.45 bits per heavy atom. The van der Waals surface area contributed by atoms with Gasteiger partial charge in [0.2, 0.25) is 0 Å². The summed E-state index contributed by atoms with van der Waals surface area (Å²) in [6, 6.07) is 15.3. The molecule has 4 aromatic rings. The van der Waals surface area contributed by atoms with Crippen molar-refractivity contribution < 1.29 is 4.79 Å². The smallest absolute Gasteiger partial charge is 0.256 e. The van der Waals surface area contributed by atoms with Gasteiger partial charge < -0.3 is 5.32 Å². The van der Waals surface area contributed by atoms with Gasteiger partial charge in [-0.1, -0.05) is 35.4 Å². The number of nitrogens with zero attached hydrogens (tertiary/aromatic N) is 3. The number of pyridine rings is 1. The number of rotatable bonds is 3. The Hall–Kier alpha value is -3.18. The summed E-state index contributed by atoms with van der Waals surface area (Å²) in [5.74, 6) is -0.211. The Morgan fingerprint density at radius 1 is 1.00 bits per heavy atom. The molecule has 0 saturated carbocycles. The summed E-state index contributed by atoms with van der Waals surface area (Å²) in [5.41, 5.74) is 6.42. The van der Waals surface area contributed by atoms with E-state index in [1.54, 1.807) is 22.9 Å². The molecule has 1 amide bonds. The van der Waals surface area contributed by atoms with Crippen molar-refractivity contribution in [1.82, 2.24) is 14.8 Å². The SMILES string of the molecule is Cc1ccc(-n2nc(C)c3c(C(=O)Nc4cc(Cl)ccc4C)cc(C)nc32)cc1. The third kappa shape index (κ3) is 3.61. The van der Waals surface area contributed by atoms with E-state index in [2.05, 4.69) is 15.4 Å². The number of fused-ring (bicyclic) bond motifs is 1. The van der Waals surface area contributed by atoms with E-state index in [-0.39, 0.29) is 5.91 Å². The second-order valence-corrected chi connectivity index (χ2v) is 7.69. The van der Waals surface area contributed by atoms with Gasteiger partial charge in [0.1, 0.15) is 0 Å². The van der Waals surface area contributed by atoms with Crippen LogP contribution >= 0.6 is 11.6 Å². The van der Waals surface area contributed by atoms with Crippen molar-refractivity contribution in [1.29, 1.82) is 0 Å². The van der Waals surface area contributed by atoms with Crippen LogP contribution in [0.4, 0.5) is 5.69 Å². The monoisotopic (exact) mass is 404 g/mol. The lowest BCUT2D eigenvalue weighted by atomic mass is 10.1. The molecule has 1 N–H and O–H groups in total. The van der Waals surface area contributed by atoms with Gasteiger partial charge in [-0.25, -0.2) is 9.67 Å². The normalized spacial score (nSPS) is 11.1. The zero-order valence-corrected chi connectivity index (χ0v) is 17.5. The van der Waals surface area contributed by atoms with Gasteiger partial charge in [-0.3, -0.25) is 4.79 Å². The van der Waals surface area contributed by atoms with E-state index in [1.165, 1.54) is 5.56 Å². The third-order valence-electron chi connectivity index (χ3n) is 4.91. The number of halogens is 1. The van der Waals surface area contributed by atoms with Crippen LogP contribution in [-0.4, -0.2) is 20.7 Å². The number of aryl methyl sites for hydroxylation is 4. The first-order valence-corrected chi connectivity index (χ1v) is 9.73. The Morgan fingerprint density at radius 2 is 1.72 bits per heavy atom. The van der Waals surface area contributed by atoms with Gasteiger partial charge in [-0.05, 0) is 63.6 Å². The summed E-state index contributed by atoms with van der Waals surface area (Å²) >= 11 is 6.10. The molecule has 2 heterocycles. The molecule has 0 unspecified atom stereocenters. The molecule has 0 spiro atoms. The van der Waals surface area contributed by atoms with Crippen LogP contribution in [0.1, 0.15) is 32.9 Å².